The molecule has 0 radical (unpaired) electrons. The van der Waals surface area contributed by atoms with E-state index in [1.807, 2.05) is 0 Å². The molecule has 0 fully saturated rings. The quantitative estimate of drug-likeness (QED) is 0.372. The van der Waals surface area contributed by atoms with Crippen molar-refractivity contribution in [1.82, 2.24) is 5.32 Å². The minimum atomic E-state index is 0.597. The van der Waals surface area contributed by atoms with Gasteiger partial charge in [-0.25, -0.2) is 0 Å². The number of nitrogens with one attached hydrogen (secondary N) is 1. The van der Waals surface area contributed by atoms with E-state index in [4.69, 9.17) is 4.74 Å². The maximum atomic E-state index is 5.97. The van der Waals surface area contributed by atoms with Gasteiger partial charge in [0.15, 0.2) is 0 Å². The molecule has 4 heteroatoms. The van der Waals surface area contributed by atoms with Crippen molar-refractivity contribution in [2.45, 2.75) is 39.2 Å². The first kappa shape index (κ1) is 19.4. The van der Waals surface area contributed by atoms with Gasteiger partial charge in [0.2, 0.25) is 0 Å². The zero-order valence-corrected chi connectivity index (χ0v) is 17.8. The first-order valence-corrected chi connectivity index (χ1v) is 11.0. The van der Waals surface area contributed by atoms with Gasteiger partial charge in [-0.3, -0.25) is 0 Å². The van der Waals surface area contributed by atoms with Crippen LogP contribution in [0.5, 0.6) is 5.75 Å². The average molecular weight is 432 g/mol. The lowest BCUT2D eigenvalue weighted by atomic mass is 10.1. The van der Waals surface area contributed by atoms with Crippen molar-refractivity contribution in [1.29, 1.82) is 0 Å². The summed E-state index contributed by atoms with van der Waals surface area (Å²) in [6, 6.07) is 15.5. The maximum Gasteiger partial charge on any atom is 0.120 e. The Balaban J connectivity index is 1.57. The second-order valence-electron chi connectivity index (χ2n) is 6.62. The Hall–Kier alpha value is -1.36. The molecule has 26 heavy (non-hydrogen) atoms. The lowest BCUT2D eigenvalue weighted by Gasteiger charge is -2.12. The van der Waals surface area contributed by atoms with Gasteiger partial charge in [0.1, 0.15) is 5.75 Å². The highest BCUT2D eigenvalue weighted by Crippen LogP contribution is 2.36. The smallest absolute Gasteiger partial charge is 0.120 e. The average Bonchev–Trinajstić information content (AvgIpc) is 3.05. The molecule has 3 rings (SSSR count). The molecule has 0 saturated carbocycles. The molecule has 138 valence electrons. The third kappa shape index (κ3) is 5.09. The SMILES string of the molecule is CCNC(C)CCCCOc1ccc2c(-c3ccc(Br)cc3)csc2c1. The van der Waals surface area contributed by atoms with Crippen molar-refractivity contribution in [2.75, 3.05) is 13.2 Å². The largest absolute Gasteiger partial charge is 0.494 e. The number of benzene rings is 2. The van der Waals surface area contributed by atoms with Crippen LogP contribution in [0, 0.1) is 0 Å². The monoisotopic (exact) mass is 431 g/mol. The van der Waals surface area contributed by atoms with Crippen molar-refractivity contribution >= 4 is 37.4 Å². The molecule has 0 aliphatic carbocycles. The molecule has 1 unspecified atom stereocenters. The number of rotatable bonds is 9. The molecule has 0 aliphatic rings. The van der Waals surface area contributed by atoms with E-state index in [-0.39, 0.29) is 0 Å². The topological polar surface area (TPSA) is 21.3 Å². The highest BCUT2D eigenvalue weighted by molar-refractivity contribution is 9.10. The number of thiophene rings is 1. The molecule has 1 atom stereocenters. The van der Waals surface area contributed by atoms with Gasteiger partial charge in [0.25, 0.3) is 0 Å². The van der Waals surface area contributed by atoms with Crippen molar-refractivity contribution in [2.24, 2.45) is 0 Å². The van der Waals surface area contributed by atoms with Crippen LogP contribution in [0.25, 0.3) is 21.2 Å². The molecule has 3 aromatic rings. The standard InChI is InChI=1S/C22H26BrNOS/c1-3-24-16(2)6-4-5-13-25-19-11-12-20-21(15-26-22(20)14-19)17-7-9-18(23)10-8-17/h7-12,14-16,24H,3-6,13H2,1-2H3. The molecule has 0 amide bonds. The number of ether oxygens (including phenoxy) is 1. The number of fused-ring (bicyclic) bond motifs is 1. The van der Waals surface area contributed by atoms with Gasteiger partial charge in [0, 0.05) is 26.2 Å². The van der Waals surface area contributed by atoms with Crippen LogP contribution >= 0.6 is 27.3 Å². The molecule has 2 nitrogen and oxygen atoms in total. The lowest BCUT2D eigenvalue weighted by molar-refractivity contribution is 0.302. The summed E-state index contributed by atoms with van der Waals surface area (Å²) in [6.45, 7) is 6.23. The zero-order chi connectivity index (χ0) is 18.4. The second kappa shape index (κ2) is 9.54. The van der Waals surface area contributed by atoms with Gasteiger partial charge in [-0.1, -0.05) is 35.0 Å². The van der Waals surface area contributed by atoms with E-state index >= 15 is 0 Å². The maximum absolute atomic E-state index is 5.97. The van der Waals surface area contributed by atoms with Crippen LogP contribution < -0.4 is 10.1 Å². The Bertz CT molecular complexity index is 828. The fourth-order valence-electron chi connectivity index (χ4n) is 3.14. The number of hydrogen-bond acceptors (Lipinski definition) is 3. The minimum Gasteiger partial charge on any atom is -0.494 e. The Kier molecular flexibility index (Phi) is 7.12. The second-order valence-corrected chi connectivity index (χ2v) is 8.44. The minimum absolute atomic E-state index is 0.597. The lowest BCUT2D eigenvalue weighted by Crippen LogP contribution is -2.25. The highest BCUT2D eigenvalue weighted by atomic mass is 79.9. The van der Waals surface area contributed by atoms with Gasteiger partial charge in [0.05, 0.1) is 6.61 Å². The van der Waals surface area contributed by atoms with Crippen LogP contribution in [0.15, 0.2) is 52.3 Å². The van der Waals surface area contributed by atoms with Crippen LogP contribution in [0.2, 0.25) is 0 Å². The Morgan fingerprint density at radius 1 is 1.12 bits per heavy atom. The van der Waals surface area contributed by atoms with E-state index in [0.29, 0.717) is 6.04 Å². The van der Waals surface area contributed by atoms with Crippen LogP contribution in [-0.2, 0) is 0 Å². The van der Waals surface area contributed by atoms with E-state index < -0.39 is 0 Å². The summed E-state index contributed by atoms with van der Waals surface area (Å²) in [4.78, 5) is 0. The summed E-state index contributed by atoms with van der Waals surface area (Å²) in [5.41, 5.74) is 2.55. The van der Waals surface area contributed by atoms with E-state index in [9.17, 15) is 0 Å². The van der Waals surface area contributed by atoms with Crippen molar-refractivity contribution < 1.29 is 4.74 Å². The first-order chi connectivity index (χ1) is 12.7. The van der Waals surface area contributed by atoms with Crippen LogP contribution in [-0.4, -0.2) is 19.2 Å². The molecule has 1 aromatic heterocycles. The van der Waals surface area contributed by atoms with Crippen LogP contribution in [0.1, 0.15) is 33.1 Å². The molecule has 0 bridgehead atoms. The molecule has 0 saturated heterocycles. The third-order valence-corrected chi connectivity index (χ3v) is 6.03. The molecule has 0 aliphatic heterocycles. The molecular weight excluding hydrogens is 406 g/mol. The van der Waals surface area contributed by atoms with E-state index in [1.54, 1.807) is 11.3 Å². The first-order valence-electron chi connectivity index (χ1n) is 9.30. The van der Waals surface area contributed by atoms with Crippen LogP contribution in [0.4, 0.5) is 0 Å². The fraction of sp³-hybridized carbons (Fsp3) is 0.364. The number of unbranched alkanes of at least 4 members (excludes halogenated alkanes) is 1. The summed E-state index contributed by atoms with van der Waals surface area (Å²) in [7, 11) is 0. The highest BCUT2D eigenvalue weighted by Gasteiger charge is 2.08. The number of halogens is 1. The zero-order valence-electron chi connectivity index (χ0n) is 15.4. The van der Waals surface area contributed by atoms with Crippen molar-refractivity contribution in [3.05, 3.63) is 52.3 Å². The molecule has 0 spiro atoms. The summed E-state index contributed by atoms with van der Waals surface area (Å²) in [6.07, 6.45) is 3.50. The third-order valence-electron chi connectivity index (χ3n) is 4.56. The van der Waals surface area contributed by atoms with E-state index in [0.717, 1.165) is 29.8 Å². The molecule has 1 heterocycles. The number of hydrogen-bond donors (Lipinski definition) is 1. The molecule has 1 N–H and O–H groups in total. The van der Waals surface area contributed by atoms with Crippen molar-refractivity contribution in [3.63, 3.8) is 0 Å². The van der Waals surface area contributed by atoms with Crippen molar-refractivity contribution in [3.8, 4) is 16.9 Å². The van der Waals surface area contributed by atoms with E-state index in [1.165, 1.54) is 34.1 Å². The fourth-order valence-corrected chi connectivity index (χ4v) is 4.41. The van der Waals surface area contributed by atoms with Gasteiger partial charge in [-0.05, 0) is 74.0 Å². The Morgan fingerprint density at radius 2 is 1.92 bits per heavy atom. The summed E-state index contributed by atoms with van der Waals surface area (Å²) >= 11 is 5.28. The van der Waals surface area contributed by atoms with Gasteiger partial charge in [-0.15, -0.1) is 11.3 Å². The summed E-state index contributed by atoms with van der Waals surface area (Å²) < 4.78 is 8.35. The molecular formula is C22H26BrNOS. The predicted molar refractivity (Wildman–Crippen MR) is 117 cm³/mol. The normalized spacial score (nSPS) is 12.4. The van der Waals surface area contributed by atoms with Gasteiger partial charge in [-0.2, -0.15) is 0 Å². The Labute approximate surface area is 168 Å². The Morgan fingerprint density at radius 3 is 2.69 bits per heavy atom. The van der Waals surface area contributed by atoms with E-state index in [2.05, 4.69) is 82.9 Å². The van der Waals surface area contributed by atoms with Gasteiger partial charge >= 0.3 is 0 Å². The summed E-state index contributed by atoms with van der Waals surface area (Å²) in [5.74, 6) is 0.974. The molecule has 2 aromatic carbocycles. The van der Waals surface area contributed by atoms with Gasteiger partial charge < -0.3 is 10.1 Å². The summed E-state index contributed by atoms with van der Waals surface area (Å²) in [5, 5.41) is 6.98. The predicted octanol–water partition coefficient (Wildman–Crippen LogP) is 6.88. The van der Waals surface area contributed by atoms with Crippen LogP contribution in [0.3, 0.4) is 0 Å².